The average molecular weight is 209 g/mol. The number of likely N-dealkylation sites (tertiary alicyclic amines) is 1. The molecule has 2 aliphatic rings. The van der Waals surface area contributed by atoms with E-state index in [0.717, 1.165) is 24.8 Å². The molecular weight excluding hydrogens is 186 g/mol. The van der Waals surface area contributed by atoms with Crippen LogP contribution in [0.5, 0.6) is 0 Å². The lowest BCUT2D eigenvalue weighted by molar-refractivity contribution is -0.115. The Hall–Kier alpha value is -0.370. The summed E-state index contributed by atoms with van der Waals surface area (Å²) < 4.78 is 0. The third-order valence-corrected chi connectivity index (χ3v) is 4.05. The Balaban J connectivity index is 1.96. The van der Waals surface area contributed by atoms with Crippen molar-refractivity contribution in [2.24, 2.45) is 11.3 Å². The van der Waals surface area contributed by atoms with Gasteiger partial charge in [-0.3, -0.25) is 4.90 Å². The third-order valence-electron chi connectivity index (χ3n) is 4.05. The predicted octanol–water partition coefficient (Wildman–Crippen LogP) is 2.48. The van der Waals surface area contributed by atoms with Crippen LogP contribution in [0.1, 0.15) is 46.0 Å². The van der Waals surface area contributed by atoms with Gasteiger partial charge in [0.25, 0.3) is 0 Å². The summed E-state index contributed by atoms with van der Waals surface area (Å²) in [5.74, 6) is 0.932. The highest BCUT2D eigenvalue weighted by Gasteiger charge is 2.37. The van der Waals surface area contributed by atoms with Gasteiger partial charge in [-0.15, -0.1) is 0 Å². The standard InChI is InChI=1S/C13H23NO/c1-13(2,10-15)9-14-8-7-11-5-3-4-6-12(11)14/h10-12H,3-9H2,1-2H3. The van der Waals surface area contributed by atoms with Gasteiger partial charge in [0, 0.05) is 18.0 Å². The normalized spacial score (nSPS) is 32.7. The van der Waals surface area contributed by atoms with E-state index in [-0.39, 0.29) is 5.41 Å². The fourth-order valence-corrected chi connectivity index (χ4v) is 3.26. The second kappa shape index (κ2) is 4.25. The second-order valence-corrected chi connectivity index (χ2v) is 5.98. The van der Waals surface area contributed by atoms with Crippen molar-refractivity contribution in [1.29, 1.82) is 0 Å². The maximum atomic E-state index is 10.9. The van der Waals surface area contributed by atoms with Crippen LogP contribution in [-0.2, 0) is 4.79 Å². The average Bonchev–Trinajstić information content (AvgIpc) is 2.62. The van der Waals surface area contributed by atoms with Gasteiger partial charge < -0.3 is 4.79 Å². The van der Waals surface area contributed by atoms with Gasteiger partial charge in [0.1, 0.15) is 6.29 Å². The molecule has 0 radical (unpaired) electrons. The summed E-state index contributed by atoms with van der Waals surface area (Å²) in [4.78, 5) is 13.5. The van der Waals surface area contributed by atoms with Crippen molar-refractivity contribution in [3.8, 4) is 0 Å². The van der Waals surface area contributed by atoms with E-state index in [0.29, 0.717) is 0 Å². The minimum atomic E-state index is -0.160. The van der Waals surface area contributed by atoms with Gasteiger partial charge in [0.15, 0.2) is 0 Å². The van der Waals surface area contributed by atoms with Crippen molar-refractivity contribution in [2.75, 3.05) is 13.1 Å². The van der Waals surface area contributed by atoms with Crippen LogP contribution in [0.15, 0.2) is 0 Å². The smallest absolute Gasteiger partial charge is 0.126 e. The zero-order valence-corrected chi connectivity index (χ0v) is 10.0. The summed E-state index contributed by atoms with van der Waals surface area (Å²) in [7, 11) is 0. The third kappa shape index (κ3) is 2.41. The van der Waals surface area contributed by atoms with E-state index in [1.165, 1.54) is 38.6 Å². The lowest BCUT2D eigenvalue weighted by Gasteiger charge is -2.34. The Kier molecular flexibility index (Phi) is 3.15. The van der Waals surface area contributed by atoms with Gasteiger partial charge in [-0.2, -0.15) is 0 Å². The van der Waals surface area contributed by atoms with E-state index < -0.39 is 0 Å². The first-order valence-electron chi connectivity index (χ1n) is 6.33. The Morgan fingerprint density at radius 2 is 2.00 bits per heavy atom. The lowest BCUT2D eigenvalue weighted by Crippen LogP contribution is -2.41. The molecule has 1 heterocycles. The molecule has 2 nitrogen and oxygen atoms in total. The van der Waals surface area contributed by atoms with Gasteiger partial charge in [-0.25, -0.2) is 0 Å². The summed E-state index contributed by atoms with van der Waals surface area (Å²) in [6.07, 6.45) is 8.07. The van der Waals surface area contributed by atoms with Crippen molar-refractivity contribution >= 4 is 6.29 Å². The lowest BCUT2D eigenvalue weighted by atomic mass is 9.84. The van der Waals surface area contributed by atoms with Gasteiger partial charge in [0.2, 0.25) is 0 Å². The molecule has 0 bridgehead atoms. The van der Waals surface area contributed by atoms with Gasteiger partial charge in [-0.05, 0) is 31.7 Å². The van der Waals surface area contributed by atoms with E-state index in [1.54, 1.807) is 0 Å². The van der Waals surface area contributed by atoms with Gasteiger partial charge in [0.05, 0.1) is 0 Å². The second-order valence-electron chi connectivity index (χ2n) is 5.98. The number of carbonyl (C=O) groups excluding carboxylic acids is 1. The van der Waals surface area contributed by atoms with Crippen LogP contribution >= 0.6 is 0 Å². The zero-order valence-electron chi connectivity index (χ0n) is 10.0. The maximum Gasteiger partial charge on any atom is 0.126 e. The van der Waals surface area contributed by atoms with Gasteiger partial charge >= 0.3 is 0 Å². The molecule has 1 saturated heterocycles. The number of hydrogen-bond donors (Lipinski definition) is 0. The van der Waals surface area contributed by atoms with E-state index >= 15 is 0 Å². The molecule has 2 heteroatoms. The molecule has 1 saturated carbocycles. The van der Waals surface area contributed by atoms with Crippen LogP contribution in [0.3, 0.4) is 0 Å². The van der Waals surface area contributed by atoms with Crippen molar-refractivity contribution < 1.29 is 4.79 Å². The molecule has 2 unspecified atom stereocenters. The topological polar surface area (TPSA) is 20.3 Å². The number of rotatable bonds is 3. The zero-order chi connectivity index (χ0) is 10.9. The summed E-state index contributed by atoms with van der Waals surface area (Å²) in [5.41, 5.74) is -0.160. The molecule has 0 spiro atoms. The van der Waals surface area contributed by atoms with Crippen molar-refractivity contribution in [2.45, 2.75) is 52.0 Å². The highest BCUT2D eigenvalue weighted by Crippen LogP contribution is 2.37. The fourth-order valence-electron chi connectivity index (χ4n) is 3.26. The number of hydrogen-bond acceptors (Lipinski definition) is 2. The van der Waals surface area contributed by atoms with Gasteiger partial charge in [-0.1, -0.05) is 26.7 Å². The van der Waals surface area contributed by atoms with E-state index in [9.17, 15) is 4.79 Å². The van der Waals surface area contributed by atoms with E-state index in [1.807, 2.05) is 0 Å². The predicted molar refractivity (Wildman–Crippen MR) is 61.8 cm³/mol. The Morgan fingerprint density at radius 1 is 1.27 bits per heavy atom. The van der Waals surface area contributed by atoms with Crippen LogP contribution < -0.4 is 0 Å². The molecule has 15 heavy (non-hydrogen) atoms. The number of carbonyl (C=O) groups is 1. The molecule has 0 amide bonds. The Morgan fingerprint density at radius 3 is 2.73 bits per heavy atom. The first kappa shape index (κ1) is 11.1. The van der Waals surface area contributed by atoms with Crippen LogP contribution in [0.2, 0.25) is 0 Å². The quantitative estimate of drug-likeness (QED) is 0.666. The van der Waals surface area contributed by atoms with Crippen molar-refractivity contribution in [3.05, 3.63) is 0 Å². The van der Waals surface area contributed by atoms with Crippen molar-refractivity contribution in [1.82, 2.24) is 4.90 Å². The van der Waals surface area contributed by atoms with E-state index in [2.05, 4.69) is 18.7 Å². The number of aldehydes is 1. The summed E-state index contributed by atoms with van der Waals surface area (Å²) >= 11 is 0. The molecule has 2 rings (SSSR count). The minimum Gasteiger partial charge on any atom is -0.303 e. The van der Waals surface area contributed by atoms with Crippen LogP contribution in [0, 0.1) is 11.3 Å². The molecule has 0 aromatic rings. The first-order chi connectivity index (χ1) is 7.12. The van der Waals surface area contributed by atoms with Crippen LogP contribution in [0.4, 0.5) is 0 Å². The summed E-state index contributed by atoms with van der Waals surface area (Å²) in [6.45, 7) is 6.27. The summed E-state index contributed by atoms with van der Waals surface area (Å²) in [6, 6.07) is 0.790. The highest BCUT2D eigenvalue weighted by atomic mass is 16.1. The number of fused-ring (bicyclic) bond motifs is 1. The molecule has 1 aliphatic carbocycles. The largest absolute Gasteiger partial charge is 0.303 e. The molecule has 0 aromatic carbocycles. The maximum absolute atomic E-state index is 10.9. The number of nitrogens with zero attached hydrogens (tertiary/aromatic N) is 1. The van der Waals surface area contributed by atoms with Crippen molar-refractivity contribution in [3.63, 3.8) is 0 Å². The molecule has 86 valence electrons. The summed E-state index contributed by atoms with van der Waals surface area (Å²) in [5, 5.41) is 0. The SMILES string of the molecule is CC(C)(C=O)CN1CCC2CCCCC21. The monoisotopic (exact) mass is 209 g/mol. The Labute approximate surface area is 93.0 Å². The molecule has 0 N–H and O–H groups in total. The van der Waals surface area contributed by atoms with Crippen LogP contribution in [0.25, 0.3) is 0 Å². The Bertz CT molecular complexity index is 237. The first-order valence-corrected chi connectivity index (χ1v) is 6.33. The van der Waals surface area contributed by atoms with Crippen LogP contribution in [-0.4, -0.2) is 30.3 Å². The molecule has 1 aliphatic heterocycles. The fraction of sp³-hybridized carbons (Fsp3) is 0.923. The molecule has 0 aromatic heterocycles. The molecule has 2 atom stereocenters. The highest BCUT2D eigenvalue weighted by molar-refractivity contribution is 5.58. The molecular formula is C13H23NO. The van der Waals surface area contributed by atoms with E-state index in [4.69, 9.17) is 0 Å². The minimum absolute atomic E-state index is 0.160. The molecule has 2 fully saturated rings.